The van der Waals surface area contributed by atoms with Crippen molar-refractivity contribution in [2.45, 2.75) is 26.3 Å². The standard InChI is InChI=1S/C17H19N5O2S2/c1-11-10-26-16(18-11)20-15(24)12-3-2-4-21(8-12)9-13-7-14(23)22-5-6-25-17(22)19-13/h5-7,10,12H,2-4,8-9H2,1H3,(H,18,20,24). The van der Waals surface area contributed by atoms with Gasteiger partial charge >= 0.3 is 0 Å². The molecule has 7 nitrogen and oxygen atoms in total. The zero-order valence-electron chi connectivity index (χ0n) is 14.3. The number of nitrogens with one attached hydrogen (secondary N) is 1. The van der Waals surface area contributed by atoms with E-state index in [1.54, 1.807) is 16.7 Å². The summed E-state index contributed by atoms with van der Waals surface area (Å²) in [7, 11) is 0. The highest BCUT2D eigenvalue weighted by atomic mass is 32.1. The minimum absolute atomic E-state index is 0.0192. The number of likely N-dealkylation sites (tertiary alicyclic amines) is 1. The quantitative estimate of drug-likeness (QED) is 0.741. The van der Waals surface area contributed by atoms with Crippen LogP contribution in [0.15, 0.2) is 27.8 Å². The minimum Gasteiger partial charge on any atom is -0.302 e. The lowest BCUT2D eigenvalue weighted by molar-refractivity contribution is -0.121. The molecule has 3 aromatic heterocycles. The predicted octanol–water partition coefficient (Wildman–Crippen LogP) is 2.37. The molecular formula is C17H19N5O2S2. The molecule has 0 radical (unpaired) electrons. The lowest BCUT2D eigenvalue weighted by atomic mass is 9.97. The minimum atomic E-state index is -0.0699. The van der Waals surface area contributed by atoms with E-state index in [1.165, 1.54) is 22.7 Å². The average molecular weight is 390 g/mol. The fraction of sp³-hybridized carbons (Fsp3) is 0.412. The fourth-order valence-corrected chi connectivity index (χ4v) is 4.66. The second-order valence-corrected chi connectivity index (χ2v) is 8.23. The number of aromatic nitrogens is 3. The molecule has 136 valence electrons. The second kappa shape index (κ2) is 7.26. The number of nitrogens with zero attached hydrogens (tertiary/aromatic N) is 4. The van der Waals surface area contributed by atoms with Gasteiger partial charge in [-0.05, 0) is 26.3 Å². The molecule has 1 amide bonds. The highest BCUT2D eigenvalue weighted by Gasteiger charge is 2.26. The van der Waals surface area contributed by atoms with Crippen LogP contribution in [0.1, 0.15) is 24.2 Å². The van der Waals surface area contributed by atoms with Gasteiger partial charge in [-0.25, -0.2) is 9.97 Å². The second-order valence-electron chi connectivity index (χ2n) is 6.50. The van der Waals surface area contributed by atoms with Gasteiger partial charge in [0.25, 0.3) is 5.56 Å². The van der Waals surface area contributed by atoms with Crippen LogP contribution in [0, 0.1) is 12.8 Å². The summed E-state index contributed by atoms with van der Waals surface area (Å²) in [6, 6.07) is 1.59. The summed E-state index contributed by atoms with van der Waals surface area (Å²) in [5.74, 6) is -0.0506. The third-order valence-corrected chi connectivity index (χ3v) is 6.10. The highest BCUT2D eigenvalue weighted by Crippen LogP contribution is 2.21. The number of carbonyl (C=O) groups excluding carboxylic acids is 1. The van der Waals surface area contributed by atoms with Crippen molar-refractivity contribution in [2.24, 2.45) is 5.92 Å². The van der Waals surface area contributed by atoms with Crippen LogP contribution in [0.4, 0.5) is 5.13 Å². The largest absolute Gasteiger partial charge is 0.302 e. The van der Waals surface area contributed by atoms with Crippen molar-refractivity contribution >= 4 is 38.7 Å². The van der Waals surface area contributed by atoms with Crippen LogP contribution in [0.5, 0.6) is 0 Å². The van der Waals surface area contributed by atoms with Crippen molar-refractivity contribution in [3.63, 3.8) is 0 Å². The van der Waals surface area contributed by atoms with Crippen molar-refractivity contribution in [3.05, 3.63) is 44.8 Å². The molecule has 1 aliphatic rings. The average Bonchev–Trinajstić information content (AvgIpc) is 3.24. The molecule has 4 heterocycles. The summed E-state index contributed by atoms with van der Waals surface area (Å²) < 4.78 is 1.55. The molecule has 26 heavy (non-hydrogen) atoms. The van der Waals surface area contributed by atoms with Crippen LogP contribution >= 0.6 is 22.7 Å². The lowest BCUT2D eigenvalue weighted by Gasteiger charge is -2.31. The van der Waals surface area contributed by atoms with E-state index in [-0.39, 0.29) is 17.4 Å². The van der Waals surface area contributed by atoms with E-state index in [0.717, 1.165) is 30.8 Å². The van der Waals surface area contributed by atoms with Crippen molar-refractivity contribution in [3.8, 4) is 0 Å². The molecule has 0 aromatic carbocycles. The zero-order chi connectivity index (χ0) is 18.1. The van der Waals surface area contributed by atoms with Crippen molar-refractivity contribution in [1.29, 1.82) is 0 Å². The molecular weight excluding hydrogens is 370 g/mol. The molecule has 3 aromatic rings. The van der Waals surface area contributed by atoms with Gasteiger partial charge in [-0.3, -0.25) is 18.9 Å². The van der Waals surface area contributed by atoms with Crippen LogP contribution in [-0.2, 0) is 11.3 Å². The number of thiazole rings is 2. The van der Waals surface area contributed by atoms with Crippen LogP contribution in [0.2, 0.25) is 0 Å². The van der Waals surface area contributed by atoms with Gasteiger partial charge in [-0.15, -0.1) is 22.7 Å². The highest BCUT2D eigenvalue weighted by molar-refractivity contribution is 7.15. The molecule has 1 saturated heterocycles. The van der Waals surface area contributed by atoms with Crippen LogP contribution < -0.4 is 10.9 Å². The molecule has 1 aliphatic heterocycles. The first-order chi connectivity index (χ1) is 12.6. The Hall–Kier alpha value is -2.10. The Labute approximate surface area is 158 Å². The van der Waals surface area contributed by atoms with E-state index in [4.69, 9.17) is 0 Å². The summed E-state index contributed by atoms with van der Waals surface area (Å²) in [6.45, 7) is 4.07. The number of piperidine rings is 1. The molecule has 0 spiro atoms. The number of carbonyl (C=O) groups is 1. The first-order valence-electron chi connectivity index (χ1n) is 8.49. The molecule has 4 rings (SSSR count). The molecule has 0 saturated carbocycles. The monoisotopic (exact) mass is 389 g/mol. The van der Waals surface area contributed by atoms with Gasteiger partial charge in [-0.1, -0.05) is 0 Å². The number of anilines is 1. The van der Waals surface area contributed by atoms with Crippen molar-refractivity contribution in [1.82, 2.24) is 19.3 Å². The van der Waals surface area contributed by atoms with Gasteiger partial charge in [0.15, 0.2) is 10.1 Å². The summed E-state index contributed by atoms with van der Waals surface area (Å²) >= 11 is 2.90. The SMILES string of the molecule is Cc1csc(NC(=O)C2CCCN(Cc3cc(=O)n4ccsc4n3)C2)n1. The normalized spacial score (nSPS) is 18.3. The van der Waals surface area contributed by atoms with Crippen molar-refractivity contribution in [2.75, 3.05) is 18.4 Å². The molecule has 1 atom stereocenters. The predicted molar refractivity (Wildman–Crippen MR) is 103 cm³/mol. The maximum absolute atomic E-state index is 12.5. The van der Waals surface area contributed by atoms with Gasteiger partial charge < -0.3 is 5.32 Å². The topological polar surface area (TPSA) is 79.6 Å². The Morgan fingerprint density at radius 1 is 1.38 bits per heavy atom. The van der Waals surface area contributed by atoms with Gasteiger partial charge in [0.05, 0.1) is 17.3 Å². The maximum Gasteiger partial charge on any atom is 0.258 e. The summed E-state index contributed by atoms with van der Waals surface area (Å²) in [6.07, 6.45) is 3.56. The maximum atomic E-state index is 12.5. The third kappa shape index (κ3) is 3.69. The first-order valence-corrected chi connectivity index (χ1v) is 10.3. The van der Waals surface area contributed by atoms with E-state index in [1.807, 2.05) is 17.7 Å². The molecule has 0 bridgehead atoms. The van der Waals surface area contributed by atoms with E-state index in [0.29, 0.717) is 23.2 Å². The number of amides is 1. The summed E-state index contributed by atoms with van der Waals surface area (Å²) in [4.78, 5) is 36.4. The molecule has 0 aliphatic carbocycles. The Bertz CT molecular complexity index is 992. The number of fused-ring (bicyclic) bond motifs is 1. The lowest BCUT2D eigenvalue weighted by Crippen LogP contribution is -2.40. The van der Waals surface area contributed by atoms with E-state index >= 15 is 0 Å². The number of hydrogen-bond donors (Lipinski definition) is 1. The van der Waals surface area contributed by atoms with Crippen LogP contribution in [-0.4, -0.2) is 38.3 Å². The van der Waals surface area contributed by atoms with Gasteiger partial charge in [0.2, 0.25) is 5.91 Å². The smallest absolute Gasteiger partial charge is 0.258 e. The van der Waals surface area contributed by atoms with Crippen LogP contribution in [0.3, 0.4) is 0 Å². The Morgan fingerprint density at radius 3 is 3.08 bits per heavy atom. The molecule has 1 fully saturated rings. The van der Waals surface area contributed by atoms with Crippen molar-refractivity contribution < 1.29 is 4.79 Å². The van der Waals surface area contributed by atoms with E-state index in [2.05, 4.69) is 20.2 Å². The first kappa shape index (κ1) is 17.3. The Morgan fingerprint density at radius 2 is 2.27 bits per heavy atom. The third-order valence-electron chi connectivity index (χ3n) is 4.47. The van der Waals surface area contributed by atoms with Gasteiger partial charge in [0.1, 0.15) is 0 Å². The van der Waals surface area contributed by atoms with Gasteiger partial charge in [0, 0.05) is 36.1 Å². The van der Waals surface area contributed by atoms with E-state index in [9.17, 15) is 9.59 Å². The Kier molecular flexibility index (Phi) is 4.84. The molecule has 1 unspecified atom stereocenters. The van der Waals surface area contributed by atoms with Gasteiger partial charge in [-0.2, -0.15) is 0 Å². The molecule has 9 heteroatoms. The number of aryl methyl sites for hydroxylation is 1. The zero-order valence-corrected chi connectivity index (χ0v) is 16.0. The Balaban J connectivity index is 1.42. The summed E-state index contributed by atoms with van der Waals surface area (Å²) in [5, 5.41) is 7.36. The van der Waals surface area contributed by atoms with Crippen LogP contribution in [0.25, 0.3) is 4.96 Å². The number of hydrogen-bond acceptors (Lipinski definition) is 7. The number of rotatable bonds is 4. The summed E-state index contributed by atoms with van der Waals surface area (Å²) in [5.41, 5.74) is 1.61. The van der Waals surface area contributed by atoms with E-state index < -0.39 is 0 Å². The fourth-order valence-electron chi connectivity index (χ4n) is 3.23. The molecule has 1 N–H and O–H groups in total.